The van der Waals surface area contributed by atoms with Crippen LogP contribution >= 0.6 is 0 Å². The Balaban J connectivity index is 2.51. The van der Waals surface area contributed by atoms with E-state index in [0.717, 1.165) is 0 Å². The average Bonchev–Trinajstić information content (AvgIpc) is 2.15. The molecule has 3 N–H and O–H groups in total. The lowest BCUT2D eigenvalue weighted by Crippen LogP contribution is -2.29. The lowest BCUT2D eigenvalue weighted by molar-refractivity contribution is -0.107. The molecule has 1 aromatic rings. The smallest absolute Gasteiger partial charge is 0.319 e. The van der Waals surface area contributed by atoms with Gasteiger partial charge in [0.2, 0.25) is 0 Å². The summed E-state index contributed by atoms with van der Waals surface area (Å²) in [5.74, 6) is 0.0678. The Morgan fingerprint density at radius 1 is 1.50 bits per heavy atom. The van der Waals surface area contributed by atoms with E-state index in [4.69, 9.17) is 5.11 Å². The summed E-state index contributed by atoms with van der Waals surface area (Å²) in [5.41, 5.74) is 0.466. The Labute approximate surface area is 80.7 Å². The second-order valence-corrected chi connectivity index (χ2v) is 2.55. The Hall–Kier alpha value is -2.04. The number of aromatic hydroxyl groups is 1. The molecule has 0 aromatic heterocycles. The molecule has 0 spiro atoms. The lowest BCUT2D eigenvalue weighted by atomic mass is 10.3. The van der Waals surface area contributed by atoms with Crippen LogP contribution in [0.4, 0.5) is 10.5 Å². The largest absolute Gasteiger partial charge is 0.508 e. The van der Waals surface area contributed by atoms with Gasteiger partial charge in [0.15, 0.2) is 0 Å². The van der Waals surface area contributed by atoms with Crippen molar-refractivity contribution in [2.45, 2.75) is 0 Å². The minimum absolute atomic E-state index is 0.0371. The number of hydrogen-bond donors (Lipinski definition) is 3. The molecule has 0 bridgehead atoms. The Bertz CT molecular complexity index is 339. The molecule has 2 amide bonds. The van der Waals surface area contributed by atoms with Crippen LogP contribution < -0.4 is 10.6 Å². The molecule has 1 aromatic carbocycles. The zero-order valence-electron chi connectivity index (χ0n) is 7.36. The van der Waals surface area contributed by atoms with Crippen LogP contribution in [0.1, 0.15) is 0 Å². The molecule has 0 heterocycles. The number of anilines is 1. The lowest BCUT2D eigenvalue weighted by Gasteiger charge is -2.04. The number of phenolic OH excluding ortho intramolecular Hbond substituents is 1. The maximum absolute atomic E-state index is 11.0. The van der Waals surface area contributed by atoms with Gasteiger partial charge in [-0.15, -0.1) is 0 Å². The molecular weight excluding hydrogens is 184 g/mol. The summed E-state index contributed by atoms with van der Waals surface area (Å²) in [7, 11) is 0. The standard InChI is InChI=1S/C9H10N2O3/c12-5-4-10-9(14)11-7-2-1-3-8(13)6-7/h1-3,5-6,13H,4H2,(H2,10,11,14). The van der Waals surface area contributed by atoms with Crippen molar-refractivity contribution in [1.82, 2.24) is 5.32 Å². The van der Waals surface area contributed by atoms with Crippen LogP contribution in [0.25, 0.3) is 0 Å². The number of phenols is 1. The summed E-state index contributed by atoms with van der Waals surface area (Å²) in [5, 5.41) is 13.8. The van der Waals surface area contributed by atoms with Gasteiger partial charge in [-0.05, 0) is 12.1 Å². The van der Waals surface area contributed by atoms with Crippen molar-refractivity contribution in [1.29, 1.82) is 0 Å². The van der Waals surface area contributed by atoms with E-state index in [-0.39, 0.29) is 12.3 Å². The van der Waals surface area contributed by atoms with Gasteiger partial charge in [0.1, 0.15) is 12.0 Å². The fourth-order valence-corrected chi connectivity index (χ4v) is 0.893. The maximum atomic E-state index is 11.0. The van der Waals surface area contributed by atoms with Crippen molar-refractivity contribution < 1.29 is 14.7 Å². The highest BCUT2D eigenvalue weighted by molar-refractivity contribution is 5.90. The van der Waals surface area contributed by atoms with Gasteiger partial charge in [-0.3, -0.25) is 0 Å². The Morgan fingerprint density at radius 3 is 2.93 bits per heavy atom. The molecule has 0 aliphatic carbocycles. The third-order valence-corrected chi connectivity index (χ3v) is 1.45. The minimum Gasteiger partial charge on any atom is -0.508 e. The fraction of sp³-hybridized carbons (Fsp3) is 0.111. The van der Waals surface area contributed by atoms with Crippen molar-refractivity contribution in [3.63, 3.8) is 0 Å². The van der Waals surface area contributed by atoms with Crippen LogP contribution in [-0.4, -0.2) is 24.0 Å². The second-order valence-electron chi connectivity index (χ2n) is 2.55. The molecule has 0 saturated heterocycles. The first-order valence-corrected chi connectivity index (χ1v) is 4.00. The fourth-order valence-electron chi connectivity index (χ4n) is 0.893. The zero-order chi connectivity index (χ0) is 10.4. The highest BCUT2D eigenvalue weighted by Gasteiger charge is 2.00. The van der Waals surface area contributed by atoms with Crippen molar-refractivity contribution in [2.75, 3.05) is 11.9 Å². The number of nitrogens with one attached hydrogen (secondary N) is 2. The average molecular weight is 194 g/mol. The molecule has 0 radical (unpaired) electrons. The minimum atomic E-state index is -0.484. The normalized spacial score (nSPS) is 9.14. The predicted octanol–water partition coefficient (Wildman–Crippen LogP) is 0.713. The van der Waals surface area contributed by atoms with Gasteiger partial charge >= 0.3 is 6.03 Å². The molecule has 0 saturated carbocycles. The monoisotopic (exact) mass is 194 g/mol. The second kappa shape index (κ2) is 4.86. The van der Waals surface area contributed by atoms with E-state index in [1.807, 2.05) is 0 Å². The maximum Gasteiger partial charge on any atom is 0.319 e. The summed E-state index contributed by atoms with van der Waals surface area (Å²) < 4.78 is 0. The quantitative estimate of drug-likeness (QED) is 0.620. The van der Waals surface area contributed by atoms with Crippen LogP contribution in [0, 0.1) is 0 Å². The zero-order valence-corrected chi connectivity index (χ0v) is 7.36. The molecule has 1 rings (SSSR count). The van der Waals surface area contributed by atoms with E-state index in [0.29, 0.717) is 12.0 Å². The van der Waals surface area contributed by atoms with Crippen LogP contribution in [0.2, 0.25) is 0 Å². The summed E-state index contributed by atoms with van der Waals surface area (Å²) in [6, 6.07) is 5.64. The first kappa shape index (κ1) is 10.0. The summed E-state index contributed by atoms with van der Waals surface area (Å²) >= 11 is 0. The van der Waals surface area contributed by atoms with E-state index < -0.39 is 6.03 Å². The summed E-state index contributed by atoms with van der Waals surface area (Å²) in [4.78, 5) is 21.0. The van der Waals surface area contributed by atoms with Gasteiger partial charge in [0.25, 0.3) is 0 Å². The van der Waals surface area contributed by atoms with E-state index in [1.165, 1.54) is 12.1 Å². The van der Waals surface area contributed by atoms with Gasteiger partial charge in [0, 0.05) is 11.8 Å². The molecule has 0 fully saturated rings. The van der Waals surface area contributed by atoms with E-state index in [2.05, 4.69) is 10.6 Å². The van der Waals surface area contributed by atoms with Crippen LogP contribution in [-0.2, 0) is 4.79 Å². The van der Waals surface area contributed by atoms with Crippen molar-refractivity contribution in [3.8, 4) is 5.75 Å². The molecule has 0 unspecified atom stereocenters. The van der Waals surface area contributed by atoms with Crippen LogP contribution in [0.15, 0.2) is 24.3 Å². The van der Waals surface area contributed by atoms with Crippen molar-refractivity contribution >= 4 is 18.0 Å². The molecular formula is C9H10N2O3. The van der Waals surface area contributed by atoms with Crippen LogP contribution in [0.3, 0.4) is 0 Å². The number of hydrogen-bond acceptors (Lipinski definition) is 3. The summed E-state index contributed by atoms with van der Waals surface area (Å²) in [6.45, 7) is -0.0371. The highest BCUT2D eigenvalue weighted by Crippen LogP contribution is 2.14. The molecule has 0 atom stereocenters. The predicted molar refractivity (Wildman–Crippen MR) is 51.2 cm³/mol. The Kier molecular flexibility index (Phi) is 3.49. The third kappa shape index (κ3) is 3.14. The number of carbonyl (C=O) groups excluding carboxylic acids is 2. The van der Waals surface area contributed by atoms with Crippen molar-refractivity contribution in [3.05, 3.63) is 24.3 Å². The number of urea groups is 1. The number of carbonyl (C=O) groups is 2. The first-order chi connectivity index (χ1) is 6.72. The molecule has 14 heavy (non-hydrogen) atoms. The molecule has 0 aliphatic rings. The first-order valence-electron chi connectivity index (χ1n) is 4.00. The van der Waals surface area contributed by atoms with Gasteiger partial charge in [-0.1, -0.05) is 6.07 Å². The summed E-state index contributed by atoms with van der Waals surface area (Å²) in [6.07, 6.45) is 0.585. The van der Waals surface area contributed by atoms with E-state index in [9.17, 15) is 9.59 Å². The number of benzene rings is 1. The van der Waals surface area contributed by atoms with Crippen molar-refractivity contribution in [2.24, 2.45) is 0 Å². The number of rotatable bonds is 3. The topological polar surface area (TPSA) is 78.4 Å². The number of amides is 2. The SMILES string of the molecule is O=CCNC(=O)Nc1cccc(O)c1. The van der Waals surface area contributed by atoms with Gasteiger partial charge < -0.3 is 20.5 Å². The highest BCUT2D eigenvalue weighted by atomic mass is 16.3. The Morgan fingerprint density at radius 2 is 2.29 bits per heavy atom. The van der Waals surface area contributed by atoms with Gasteiger partial charge in [-0.2, -0.15) is 0 Å². The molecule has 5 heteroatoms. The van der Waals surface area contributed by atoms with Gasteiger partial charge in [-0.25, -0.2) is 4.79 Å². The van der Waals surface area contributed by atoms with Gasteiger partial charge in [0.05, 0.1) is 6.54 Å². The number of aldehydes is 1. The molecule has 74 valence electrons. The molecule has 5 nitrogen and oxygen atoms in total. The van der Waals surface area contributed by atoms with Crippen LogP contribution in [0.5, 0.6) is 5.75 Å². The van der Waals surface area contributed by atoms with E-state index in [1.54, 1.807) is 12.1 Å². The molecule has 0 aliphatic heterocycles. The third-order valence-electron chi connectivity index (χ3n) is 1.45. The van der Waals surface area contributed by atoms with E-state index >= 15 is 0 Å².